The summed E-state index contributed by atoms with van der Waals surface area (Å²) in [6, 6.07) is 14.9. The Morgan fingerprint density at radius 1 is 1.04 bits per heavy atom. The van der Waals surface area contributed by atoms with Crippen LogP contribution in [0.2, 0.25) is 0 Å². The lowest BCUT2D eigenvalue weighted by Gasteiger charge is -2.29. The summed E-state index contributed by atoms with van der Waals surface area (Å²) >= 11 is 0. The van der Waals surface area contributed by atoms with E-state index in [2.05, 4.69) is 42.5 Å². The van der Waals surface area contributed by atoms with Crippen LogP contribution in [0.3, 0.4) is 0 Å². The number of fused-ring (bicyclic) bond motifs is 1. The Bertz CT molecular complexity index is 650. The molecule has 3 rings (SSSR count). The Labute approximate surface area is 138 Å². The molecule has 1 fully saturated rings. The van der Waals surface area contributed by atoms with E-state index in [1.165, 1.54) is 48.4 Å². The molecule has 1 atom stereocenters. The molecule has 0 heterocycles. The highest BCUT2D eigenvalue weighted by Crippen LogP contribution is 2.35. The Morgan fingerprint density at radius 3 is 2.57 bits per heavy atom. The van der Waals surface area contributed by atoms with E-state index in [1.807, 2.05) is 0 Å². The number of hydrogen-bond acceptors (Lipinski definition) is 1. The first-order valence-electron chi connectivity index (χ1n) is 8.92. The molecule has 0 saturated heterocycles. The molecule has 1 aliphatic carbocycles. The zero-order chi connectivity index (χ0) is 16.1. The van der Waals surface area contributed by atoms with E-state index in [0.717, 1.165) is 12.8 Å². The lowest BCUT2D eigenvalue weighted by molar-refractivity contribution is -0.138. The van der Waals surface area contributed by atoms with Crippen LogP contribution in [0.25, 0.3) is 10.8 Å². The van der Waals surface area contributed by atoms with Crippen molar-refractivity contribution < 1.29 is 9.90 Å². The fourth-order valence-electron chi connectivity index (χ4n) is 4.19. The van der Waals surface area contributed by atoms with Crippen LogP contribution in [0, 0.1) is 11.8 Å². The van der Waals surface area contributed by atoms with Gasteiger partial charge in [-0.2, -0.15) is 0 Å². The number of carboxylic acids is 1. The van der Waals surface area contributed by atoms with Gasteiger partial charge in [0.15, 0.2) is 0 Å². The molecule has 0 spiro atoms. The number of carboxylic acid groups (broad SMARTS) is 1. The van der Waals surface area contributed by atoms with Crippen molar-refractivity contribution in [2.45, 2.75) is 51.4 Å². The maximum atomic E-state index is 11.3. The Hall–Kier alpha value is -1.83. The highest BCUT2D eigenvalue weighted by molar-refractivity contribution is 5.85. The number of benzene rings is 2. The summed E-state index contributed by atoms with van der Waals surface area (Å²) < 4.78 is 0. The molecule has 0 aromatic heterocycles. The van der Waals surface area contributed by atoms with E-state index in [9.17, 15) is 9.90 Å². The van der Waals surface area contributed by atoms with Gasteiger partial charge in [-0.3, -0.25) is 4.79 Å². The van der Waals surface area contributed by atoms with Crippen molar-refractivity contribution in [2.75, 3.05) is 0 Å². The number of aliphatic carboxylic acids is 1. The van der Waals surface area contributed by atoms with Crippen LogP contribution in [0.4, 0.5) is 0 Å². The van der Waals surface area contributed by atoms with Gasteiger partial charge in [-0.25, -0.2) is 0 Å². The molecule has 2 nitrogen and oxygen atoms in total. The van der Waals surface area contributed by atoms with Crippen molar-refractivity contribution in [2.24, 2.45) is 11.8 Å². The highest BCUT2D eigenvalue weighted by Gasteiger charge is 2.25. The third-order valence-electron chi connectivity index (χ3n) is 5.42. The third kappa shape index (κ3) is 4.13. The van der Waals surface area contributed by atoms with Gasteiger partial charge in [0, 0.05) is 6.42 Å². The predicted octanol–water partition coefficient (Wildman–Crippen LogP) is 5.44. The van der Waals surface area contributed by atoms with Crippen molar-refractivity contribution in [3.05, 3.63) is 48.0 Å². The zero-order valence-electron chi connectivity index (χ0n) is 13.7. The lowest BCUT2D eigenvalue weighted by atomic mass is 9.76. The quantitative estimate of drug-likeness (QED) is 0.771. The molecule has 2 aromatic carbocycles. The molecule has 2 heteroatoms. The molecule has 0 radical (unpaired) electrons. The standard InChI is InChI=1S/C21H26O2/c22-21(23)15-19(16-7-2-1-3-8-16)14-13-18-11-6-10-17-9-4-5-12-20(17)18/h4-6,9-12,16,19H,1-3,7-8,13-15H2,(H,22,23). The van der Waals surface area contributed by atoms with Gasteiger partial charge in [0.2, 0.25) is 0 Å². The fraction of sp³-hybridized carbons (Fsp3) is 0.476. The summed E-state index contributed by atoms with van der Waals surface area (Å²) in [6.45, 7) is 0. The van der Waals surface area contributed by atoms with Crippen LogP contribution in [0.5, 0.6) is 0 Å². The van der Waals surface area contributed by atoms with Crippen LogP contribution < -0.4 is 0 Å². The van der Waals surface area contributed by atoms with Crippen LogP contribution in [-0.4, -0.2) is 11.1 Å². The van der Waals surface area contributed by atoms with Crippen LogP contribution in [0.15, 0.2) is 42.5 Å². The molecule has 1 N–H and O–H groups in total. The molecule has 1 unspecified atom stereocenters. The minimum Gasteiger partial charge on any atom is -0.481 e. The highest BCUT2D eigenvalue weighted by atomic mass is 16.4. The van der Waals surface area contributed by atoms with Crippen molar-refractivity contribution in [1.29, 1.82) is 0 Å². The smallest absolute Gasteiger partial charge is 0.303 e. The Morgan fingerprint density at radius 2 is 1.78 bits per heavy atom. The van der Waals surface area contributed by atoms with Gasteiger partial charge in [0.25, 0.3) is 0 Å². The van der Waals surface area contributed by atoms with Gasteiger partial charge in [0.05, 0.1) is 0 Å². The summed E-state index contributed by atoms with van der Waals surface area (Å²) in [5.41, 5.74) is 1.36. The average Bonchev–Trinajstić information content (AvgIpc) is 2.59. The Kier molecular flexibility index (Phi) is 5.32. The average molecular weight is 310 g/mol. The van der Waals surface area contributed by atoms with Crippen molar-refractivity contribution in [1.82, 2.24) is 0 Å². The first kappa shape index (κ1) is 16.0. The van der Waals surface area contributed by atoms with Crippen LogP contribution in [-0.2, 0) is 11.2 Å². The normalized spacial score (nSPS) is 17.2. The van der Waals surface area contributed by atoms with E-state index in [-0.39, 0.29) is 0 Å². The van der Waals surface area contributed by atoms with Gasteiger partial charge >= 0.3 is 5.97 Å². The molecule has 2 aromatic rings. The second kappa shape index (κ2) is 7.63. The number of rotatable bonds is 6. The topological polar surface area (TPSA) is 37.3 Å². The Balaban J connectivity index is 1.73. The molecular weight excluding hydrogens is 284 g/mol. The van der Waals surface area contributed by atoms with Gasteiger partial charge in [-0.15, -0.1) is 0 Å². The van der Waals surface area contributed by atoms with Crippen molar-refractivity contribution in [3.8, 4) is 0 Å². The summed E-state index contributed by atoms with van der Waals surface area (Å²) in [7, 11) is 0. The second-order valence-electron chi connectivity index (χ2n) is 6.93. The molecular formula is C21H26O2. The largest absolute Gasteiger partial charge is 0.481 e. The maximum absolute atomic E-state index is 11.3. The minimum absolute atomic E-state index is 0.326. The first-order chi connectivity index (χ1) is 11.2. The molecule has 0 amide bonds. The van der Waals surface area contributed by atoms with E-state index in [1.54, 1.807) is 0 Å². The van der Waals surface area contributed by atoms with Crippen molar-refractivity contribution in [3.63, 3.8) is 0 Å². The van der Waals surface area contributed by atoms with Crippen LogP contribution in [0.1, 0.15) is 50.5 Å². The lowest BCUT2D eigenvalue weighted by Crippen LogP contribution is -2.21. The number of hydrogen-bond donors (Lipinski definition) is 1. The predicted molar refractivity (Wildman–Crippen MR) is 94.6 cm³/mol. The summed E-state index contributed by atoms with van der Waals surface area (Å²) in [4.78, 5) is 11.3. The van der Waals surface area contributed by atoms with Gasteiger partial charge in [0.1, 0.15) is 0 Å². The first-order valence-corrected chi connectivity index (χ1v) is 8.92. The van der Waals surface area contributed by atoms with Gasteiger partial charge in [-0.1, -0.05) is 74.6 Å². The van der Waals surface area contributed by atoms with E-state index < -0.39 is 5.97 Å². The molecule has 1 aliphatic rings. The van der Waals surface area contributed by atoms with Gasteiger partial charge < -0.3 is 5.11 Å². The maximum Gasteiger partial charge on any atom is 0.303 e. The van der Waals surface area contributed by atoms with Crippen molar-refractivity contribution >= 4 is 16.7 Å². The van der Waals surface area contributed by atoms with Gasteiger partial charge in [-0.05, 0) is 41.0 Å². The number of carbonyl (C=O) groups is 1. The monoisotopic (exact) mass is 310 g/mol. The van der Waals surface area contributed by atoms with E-state index >= 15 is 0 Å². The minimum atomic E-state index is -0.640. The zero-order valence-corrected chi connectivity index (χ0v) is 13.7. The molecule has 1 saturated carbocycles. The van der Waals surface area contributed by atoms with E-state index in [0.29, 0.717) is 18.3 Å². The second-order valence-corrected chi connectivity index (χ2v) is 6.93. The summed E-state index contributed by atoms with van der Waals surface area (Å²) in [5.74, 6) is 0.292. The fourth-order valence-corrected chi connectivity index (χ4v) is 4.19. The molecule has 23 heavy (non-hydrogen) atoms. The molecule has 0 bridgehead atoms. The SMILES string of the molecule is O=C(O)CC(CCc1cccc2ccccc12)C1CCCCC1. The van der Waals surface area contributed by atoms with E-state index in [4.69, 9.17) is 0 Å². The summed E-state index contributed by atoms with van der Waals surface area (Å²) in [6.07, 6.45) is 8.60. The third-order valence-corrected chi connectivity index (χ3v) is 5.42. The summed E-state index contributed by atoms with van der Waals surface area (Å²) in [5, 5.41) is 11.9. The molecule has 122 valence electrons. The number of aryl methyl sites for hydroxylation is 1. The van der Waals surface area contributed by atoms with Crippen LogP contribution >= 0.6 is 0 Å². The molecule has 0 aliphatic heterocycles.